The second kappa shape index (κ2) is 13.9. The van der Waals surface area contributed by atoms with E-state index < -0.39 is 23.8 Å². The fourth-order valence-electron chi connectivity index (χ4n) is 4.98. The summed E-state index contributed by atoms with van der Waals surface area (Å²) >= 11 is 0. The summed E-state index contributed by atoms with van der Waals surface area (Å²) in [6, 6.07) is 21.9. The van der Waals surface area contributed by atoms with Crippen molar-refractivity contribution in [2.24, 2.45) is 0 Å². The van der Waals surface area contributed by atoms with Gasteiger partial charge in [0.15, 0.2) is 6.10 Å². The standard InChI is InChI=1S/C32H36FNO5/c1-3-26-27(28(33)18-19-29(26)38-22-23-12-6-4-7-13-23)20-34(21-30(35)37-2)32(36)31(24-14-8-5-9-15-24)39-25-16-10-11-17-25/h4-9,12-15,18-19,25,31H,3,10-11,16-17,20-22H2,1-2H3. The molecule has 1 atom stereocenters. The number of amides is 1. The summed E-state index contributed by atoms with van der Waals surface area (Å²) < 4.78 is 32.6. The van der Waals surface area contributed by atoms with Gasteiger partial charge in [0.1, 0.15) is 24.7 Å². The highest BCUT2D eigenvalue weighted by Gasteiger charge is 2.33. The third-order valence-electron chi connectivity index (χ3n) is 7.09. The lowest BCUT2D eigenvalue weighted by Crippen LogP contribution is -2.40. The van der Waals surface area contributed by atoms with Crippen LogP contribution in [0.5, 0.6) is 5.75 Å². The molecule has 1 unspecified atom stereocenters. The number of rotatable bonds is 12. The Kier molecular flexibility index (Phi) is 10.1. The number of carbonyl (C=O) groups excluding carboxylic acids is 2. The molecule has 0 aliphatic heterocycles. The van der Waals surface area contributed by atoms with E-state index >= 15 is 4.39 Å². The van der Waals surface area contributed by atoms with E-state index in [2.05, 4.69) is 0 Å². The number of esters is 1. The maximum Gasteiger partial charge on any atom is 0.325 e. The van der Waals surface area contributed by atoms with Gasteiger partial charge in [0, 0.05) is 17.7 Å². The van der Waals surface area contributed by atoms with E-state index in [1.165, 1.54) is 18.1 Å². The molecule has 4 rings (SSSR count). The fourth-order valence-corrected chi connectivity index (χ4v) is 4.98. The Bertz CT molecular complexity index is 1230. The maximum absolute atomic E-state index is 15.3. The molecule has 0 N–H and O–H groups in total. The highest BCUT2D eigenvalue weighted by atomic mass is 19.1. The van der Waals surface area contributed by atoms with E-state index in [1.807, 2.05) is 67.6 Å². The van der Waals surface area contributed by atoms with Gasteiger partial charge in [0.05, 0.1) is 13.2 Å². The molecule has 3 aromatic carbocycles. The molecule has 1 saturated carbocycles. The van der Waals surface area contributed by atoms with Crippen molar-refractivity contribution in [2.75, 3.05) is 13.7 Å². The van der Waals surface area contributed by atoms with Gasteiger partial charge in [-0.05, 0) is 42.5 Å². The van der Waals surface area contributed by atoms with E-state index in [0.717, 1.165) is 31.2 Å². The summed E-state index contributed by atoms with van der Waals surface area (Å²) in [6.45, 7) is 1.79. The Hall–Kier alpha value is -3.71. The summed E-state index contributed by atoms with van der Waals surface area (Å²) in [5, 5.41) is 0. The minimum atomic E-state index is -0.912. The number of nitrogens with zero attached hydrogens (tertiary/aromatic N) is 1. The molecule has 1 amide bonds. The maximum atomic E-state index is 15.3. The lowest BCUT2D eigenvalue weighted by atomic mass is 10.0. The Balaban J connectivity index is 1.64. The lowest BCUT2D eigenvalue weighted by molar-refractivity contribution is -0.155. The van der Waals surface area contributed by atoms with Crippen molar-refractivity contribution in [3.8, 4) is 5.75 Å². The van der Waals surface area contributed by atoms with Crippen LogP contribution < -0.4 is 4.74 Å². The van der Waals surface area contributed by atoms with Crippen LogP contribution >= 0.6 is 0 Å². The average molecular weight is 534 g/mol. The van der Waals surface area contributed by atoms with Crippen molar-refractivity contribution in [1.29, 1.82) is 0 Å². The molecule has 1 aliphatic carbocycles. The van der Waals surface area contributed by atoms with E-state index in [4.69, 9.17) is 14.2 Å². The number of hydrogen-bond acceptors (Lipinski definition) is 5. The summed E-state index contributed by atoms with van der Waals surface area (Å²) in [5.74, 6) is -0.916. The van der Waals surface area contributed by atoms with Crippen LogP contribution in [0.2, 0.25) is 0 Å². The predicted octanol–water partition coefficient (Wildman–Crippen LogP) is 6.17. The third kappa shape index (κ3) is 7.45. The van der Waals surface area contributed by atoms with Crippen molar-refractivity contribution in [3.63, 3.8) is 0 Å². The molecule has 0 heterocycles. The molecule has 7 heteroatoms. The van der Waals surface area contributed by atoms with Crippen LogP contribution in [0.25, 0.3) is 0 Å². The molecule has 0 radical (unpaired) electrons. The van der Waals surface area contributed by atoms with E-state index in [0.29, 0.717) is 35.5 Å². The Morgan fingerprint density at radius 1 is 0.949 bits per heavy atom. The van der Waals surface area contributed by atoms with Gasteiger partial charge in [0.25, 0.3) is 5.91 Å². The molecule has 206 valence electrons. The third-order valence-corrected chi connectivity index (χ3v) is 7.09. The first-order valence-corrected chi connectivity index (χ1v) is 13.5. The van der Waals surface area contributed by atoms with Crippen molar-refractivity contribution in [2.45, 2.75) is 64.4 Å². The number of methoxy groups -OCH3 is 1. The average Bonchev–Trinajstić information content (AvgIpc) is 3.49. The summed E-state index contributed by atoms with van der Waals surface area (Å²) in [7, 11) is 1.27. The summed E-state index contributed by atoms with van der Waals surface area (Å²) in [6.07, 6.45) is 3.38. The molecule has 0 aromatic heterocycles. The second-order valence-electron chi connectivity index (χ2n) is 9.73. The van der Waals surface area contributed by atoms with Crippen molar-refractivity contribution >= 4 is 11.9 Å². The quantitative estimate of drug-likeness (QED) is 0.261. The van der Waals surface area contributed by atoms with Gasteiger partial charge >= 0.3 is 5.97 Å². The number of benzene rings is 3. The molecule has 1 aliphatic rings. The molecular formula is C32H36FNO5. The Labute approximate surface area is 229 Å². The van der Waals surface area contributed by atoms with Gasteiger partial charge in [0.2, 0.25) is 0 Å². The zero-order valence-corrected chi connectivity index (χ0v) is 22.6. The van der Waals surface area contributed by atoms with Gasteiger partial charge in [-0.1, -0.05) is 80.4 Å². The molecule has 6 nitrogen and oxygen atoms in total. The highest BCUT2D eigenvalue weighted by molar-refractivity contribution is 5.86. The van der Waals surface area contributed by atoms with Gasteiger partial charge in [-0.15, -0.1) is 0 Å². The van der Waals surface area contributed by atoms with Crippen LogP contribution in [0.4, 0.5) is 4.39 Å². The zero-order valence-electron chi connectivity index (χ0n) is 22.6. The molecule has 1 fully saturated rings. The van der Waals surface area contributed by atoms with Crippen LogP contribution in [0, 0.1) is 5.82 Å². The van der Waals surface area contributed by atoms with Crippen molar-refractivity contribution in [3.05, 3.63) is 101 Å². The minimum absolute atomic E-state index is 0.0446. The fraction of sp³-hybridized carbons (Fsp3) is 0.375. The Morgan fingerprint density at radius 3 is 2.26 bits per heavy atom. The van der Waals surface area contributed by atoms with Crippen LogP contribution in [-0.4, -0.2) is 36.5 Å². The van der Waals surface area contributed by atoms with E-state index in [-0.39, 0.29) is 19.2 Å². The molecule has 39 heavy (non-hydrogen) atoms. The van der Waals surface area contributed by atoms with Crippen molar-refractivity contribution < 1.29 is 28.2 Å². The highest BCUT2D eigenvalue weighted by Crippen LogP contribution is 2.32. The number of ether oxygens (including phenoxy) is 3. The van der Waals surface area contributed by atoms with Gasteiger partial charge < -0.3 is 19.1 Å². The van der Waals surface area contributed by atoms with Gasteiger partial charge in [-0.2, -0.15) is 0 Å². The zero-order chi connectivity index (χ0) is 27.6. The molecule has 0 spiro atoms. The summed E-state index contributed by atoms with van der Waals surface area (Å²) in [5.41, 5.74) is 2.65. The normalized spacial score (nSPS) is 14.1. The number of halogens is 1. The first kappa shape index (κ1) is 28.3. The molecular weight excluding hydrogens is 497 g/mol. The largest absolute Gasteiger partial charge is 0.489 e. The first-order chi connectivity index (χ1) is 19.0. The molecule has 0 saturated heterocycles. The van der Waals surface area contributed by atoms with Crippen LogP contribution in [0.15, 0.2) is 72.8 Å². The molecule has 0 bridgehead atoms. The predicted molar refractivity (Wildman–Crippen MR) is 147 cm³/mol. The van der Waals surface area contributed by atoms with Crippen LogP contribution in [0.1, 0.15) is 61.0 Å². The van der Waals surface area contributed by atoms with Crippen LogP contribution in [0.3, 0.4) is 0 Å². The Morgan fingerprint density at radius 2 is 1.62 bits per heavy atom. The molecule has 3 aromatic rings. The number of carbonyl (C=O) groups is 2. The SMILES string of the molecule is CCc1c(OCc2ccccc2)ccc(F)c1CN(CC(=O)OC)C(=O)C(OC1CCCC1)c1ccccc1. The monoisotopic (exact) mass is 533 g/mol. The number of hydrogen-bond donors (Lipinski definition) is 0. The second-order valence-corrected chi connectivity index (χ2v) is 9.73. The van der Waals surface area contributed by atoms with E-state index in [9.17, 15) is 9.59 Å². The lowest BCUT2D eigenvalue weighted by Gasteiger charge is -2.29. The van der Waals surface area contributed by atoms with Crippen molar-refractivity contribution in [1.82, 2.24) is 4.90 Å². The van der Waals surface area contributed by atoms with Crippen LogP contribution in [-0.2, 0) is 38.6 Å². The topological polar surface area (TPSA) is 65.1 Å². The van der Waals surface area contributed by atoms with Gasteiger partial charge in [-0.3, -0.25) is 9.59 Å². The smallest absolute Gasteiger partial charge is 0.325 e. The summed E-state index contributed by atoms with van der Waals surface area (Å²) in [4.78, 5) is 27.8. The van der Waals surface area contributed by atoms with E-state index in [1.54, 1.807) is 6.07 Å². The van der Waals surface area contributed by atoms with Gasteiger partial charge in [-0.25, -0.2) is 4.39 Å². The first-order valence-electron chi connectivity index (χ1n) is 13.5. The minimum Gasteiger partial charge on any atom is -0.489 e.